The summed E-state index contributed by atoms with van der Waals surface area (Å²) in [5.41, 5.74) is -0.785. The lowest BCUT2D eigenvalue weighted by molar-refractivity contribution is -0.144. The molecule has 0 saturated heterocycles. The fraction of sp³-hybridized carbons (Fsp3) is 0.857. The van der Waals surface area contributed by atoms with Gasteiger partial charge >= 0.3 is 12.0 Å². The van der Waals surface area contributed by atoms with Gasteiger partial charge < -0.3 is 15.7 Å². The molecule has 2 amide bonds. The molecule has 0 aromatic rings. The van der Waals surface area contributed by atoms with Gasteiger partial charge in [-0.2, -0.15) is 0 Å². The molecule has 0 aromatic heterocycles. The molecular weight excluding hydrogens is 244 g/mol. The third-order valence-corrected chi connectivity index (χ3v) is 5.01. The van der Waals surface area contributed by atoms with Crippen LogP contribution in [-0.2, 0) is 4.79 Å². The summed E-state index contributed by atoms with van der Waals surface area (Å²) in [6.07, 6.45) is 7.43. The third kappa shape index (κ3) is 2.85. The summed E-state index contributed by atoms with van der Waals surface area (Å²) >= 11 is 0. The maximum atomic E-state index is 11.9. The van der Waals surface area contributed by atoms with E-state index in [4.69, 9.17) is 0 Å². The van der Waals surface area contributed by atoms with Crippen LogP contribution in [0.25, 0.3) is 0 Å². The van der Waals surface area contributed by atoms with E-state index < -0.39 is 11.5 Å². The van der Waals surface area contributed by atoms with Gasteiger partial charge in [0.1, 0.15) is 5.54 Å². The maximum Gasteiger partial charge on any atom is 0.329 e. The molecule has 0 atom stereocenters. The molecular formula is C14H24N2O3. The minimum Gasteiger partial charge on any atom is -0.480 e. The second-order valence-electron chi connectivity index (χ2n) is 6.11. The molecule has 2 saturated carbocycles. The zero-order valence-electron chi connectivity index (χ0n) is 11.6. The largest absolute Gasteiger partial charge is 0.480 e. The number of urea groups is 1. The zero-order chi connectivity index (χ0) is 13.9. The van der Waals surface area contributed by atoms with Gasteiger partial charge in [-0.05, 0) is 37.5 Å². The van der Waals surface area contributed by atoms with Crippen molar-refractivity contribution in [2.45, 2.75) is 63.8 Å². The first kappa shape index (κ1) is 14.2. The summed E-state index contributed by atoms with van der Waals surface area (Å²) in [7, 11) is 0. The van der Waals surface area contributed by atoms with Gasteiger partial charge in [0.25, 0.3) is 0 Å². The molecule has 0 aromatic carbocycles. The van der Waals surface area contributed by atoms with E-state index in [1.807, 2.05) is 0 Å². The molecule has 0 bridgehead atoms. The first-order valence-electron chi connectivity index (χ1n) is 7.31. The van der Waals surface area contributed by atoms with Crippen molar-refractivity contribution in [2.75, 3.05) is 6.54 Å². The van der Waals surface area contributed by atoms with Crippen molar-refractivity contribution < 1.29 is 14.7 Å². The summed E-state index contributed by atoms with van der Waals surface area (Å²) < 4.78 is 0. The molecule has 5 nitrogen and oxygen atoms in total. The molecule has 2 rings (SSSR count). The quantitative estimate of drug-likeness (QED) is 0.715. The summed E-state index contributed by atoms with van der Waals surface area (Å²) in [5, 5.41) is 14.9. The molecule has 3 N–H and O–H groups in total. The van der Waals surface area contributed by atoms with Crippen LogP contribution < -0.4 is 10.6 Å². The molecule has 2 aliphatic carbocycles. The van der Waals surface area contributed by atoms with Crippen LogP contribution in [0.15, 0.2) is 0 Å². The normalized spacial score (nSPS) is 23.4. The molecule has 108 valence electrons. The van der Waals surface area contributed by atoms with Crippen LogP contribution in [0.2, 0.25) is 0 Å². The van der Waals surface area contributed by atoms with Crippen molar-refractivity contribution in [3.8, 4) is 0 Å². The molecule has 19 heavy (non-hydrogen) atoms. The smallest absolute Gasteiger partial charge is 0.329 e. The number of nitrogens with one attached hydrogen (secondary N) is 2. The van der Waals surface area contributed by atoms with Crippen LogP contribution in [0.4, 0.5) is 4.79 Å². The van der Waals surface area contributed by atoms with Gasteiger partial charge in [0.15, 0.2) is 0 Å². The van der Waals surface area contributed by atoms with Gasteiger partial charge in [-0.25, -0.2) is 9.59 Å². The standard InChI is InChI=1S/C14H24N2O3/c1-2-13(6-5-7-13)10-15-12(19)16-14(11(17)18)8-3-4-9-14/h2-10H2,1H3,(H,17,18)(H2,15,16,19). The predicted molar refractivity (Wildman–Crippen MR) is 71.9 cm³/mol. The Balaban J connectivity index is 1.85. The number of carboxylic acids is 1. The number of hydrogen-bond donors (Lipinski definition) is 3. The van der Waals surface area contributed by atoms with Gasteiger partial charge in [0, 0.05) is 6.54 Å². The second kappa shape index (κ2) is 5.39. The number of hydrogen-bond acceptors (Lipinski definition) is 2. The molecule has 2 aliphatic rings. The summed E-state index contributed by atoms with van der Waals surface area (Å²) in [6.45, 7) is 2.81. The Labute approximate surface area is 114 Å². The number of carboxylic acid groups (broad SMARTS) is 1. The first-order chi connectivity index (χ1) is 9.02. The van der Waals surface area contributed by atoms with Gasteiger partial charge in [-0.3, -0.25) is 0 Å². The van der Waals surface area contributed by atoms with E-state index in [9.17, 15) is 14.7 Å². The average molecular weight is 268 g/mol. The highest BCUT2D eigenvalue weighted by atomic mass is 16.4. The Morgan fingerprint density at radius 3 is 2.16 bits per heavy atom. The molecule has 2 fully saturated rings. The predicted octanol–water partition coefficient (Wildman–Crippen LogP) is 2.26. The Hall–Kier alpha value is -1.26. The van der Waals surface area contributed by atoms with Gasteiger partial charge in [-0.1, -0.05) is 26.2 Å². The minimum atomic E-state index is -1.04. The fourth-order valence-corrected chi connectivity index (χ4v) is 3.23. The van der Waals surface area contributed by atoms with E-state index in [2.05, 4.69) is 17.6 Å². The van der Waals surface area contributed by atoms with Crippen molar-refractivity contribution in [2.24, 2.45) is 5.41 Å². The van der Waals surface area contributed by atoms with Gasteiger partial charge in [-0.15, -0.1) is 0 Å². The van der Waals surface area contributed by atoms with E-state index in [-0.39, 0.29) is 11.4 Å². The molecule has 0 radical (unpaired) electrons. The van der Waals surface area contributed by atoms with E-state index in [1.165, 1.54) is 6.42 Å². The van der Waals surface area contributed by atoms with Crippen molar-refractivity contribution in [3.63, 3.8) is 0 Å². The Bertz CT molecular complexity index is 352. The highest BCUT2D eigenvalue weighted by Crippen LogP contribution is 2.43. The monoisotopic (exact) mass is 268 g/mol. The topological polar surface area (TPSA) is 78.4 Å². The lowest BCUT2D eigenvalue weighted by Gasteiger charge is -2.41. The van der Waals surface area contributed by atoms with Crippen LogP contribution in [0.1, 0.15) is 58.3 Å². The average Bonchev–Trinajstić information content (AvgIpc) is 2.78. The highest BCUT2D eigenvalue weighted by Gasteiger charge is 2.43. The first-order valence-corrected chi connectivity index (χ1v) is 7.31. The number of carbonyl (C=O) groups excluding carboxylic acids is 1. The van der Waals surface area contributed by atoms with Gasteiger partial charge in [0.2, 0.25) is 0 Å². The molecule has 0 unspecified atom stereocenters. The fourth-order valence-electron chi connectivity index (χ4n) is 3.23. The maximum absolute atomic E-state index is 11.9. The lowest BCUT2D eigenvalue weighted by atomic mass is 9.67. The zero-order valence-corrected chi connectivity index (χ0v) is 11.6. The number of carbonyl (C=O) groups is 2. The minimum absolute atomic E-state index is 0.253. The van der Waals surface area contributed by atoms with Crippen LogP contribution in [0.5, 0.6) is 0 Å². The van der Waals surface area contributed by atoms with Crippen molar-refractivity contribution in [1.82, 2.24) is 10.6 Å². The number of amides is 2. The lowest BCUT2D eigenvalue weighted by Crippen LogP contribution is -2.56. The third-order valence-electron chi connectivity index (χ3n) is 5.01. The molecule has 0 spiro atoms. The number of aliphatic carboxylic acids is 1. The van der Waals surface area contributed by atoms with E-state index in [1.54, 1.807) is 0 Å². The van der Waals surface area contributed by atoms with Crippen LogP contribution in [0.3, 0.4) is 0 Å². The summed E-state index contributed by atoms with van der Waals surface area (Å²) in [5.74, 6) is -0.908. The molecule has 5 heteroatoms. The SMILES string of the molecule is CCC1(CNC(=O)NC2(C(=O)O)CCCC2)CCC1. The Morgan fingerprint density at radius 2 is 1.74 bits per heavy atom. The van der Waals surface area contributed by atoms with E-state index in [0.29, 0.717) is 19.4 Å². The Kier molecular flexibility index (Phi) is 4.02. The second-order valence-corrected chi connectivity index (χ2v) is 6.11. The number of rotatable bonds is 5. The summed E-state index contributed by atoms with van der Waals surface area (Å²) in [4.78, 5) is 23.3. The van der Waals surface area contributed by atoms with Crippen molar-refractivity contribution in [1.29, 1.82) is 0 Å². The van der Waals surface area contributed by atoms with E-state index >= 15 is 0 Å². The van der Waals surface area contributed by atoms with Gasteiger partial charge in [0.05, 0.1) is 0 Å². The van der Waals surface area contributed by atoms with Crippen LogP contribution in [-0.4, -0.2) is 29.2 Å². The Morgan fingerprint density at radius 1 is 1.11 bits per heavy atom. The van der Waals surface area contributed by atoms with Crippen LogP contribution >= 0.6 is 0 Å². The van der Waals surface area contributed by atoms with Crippen LogP contribution in [0, 0.1) is 5.41 Å². The molecule has 0 heterocycles. The highest BCUT2D eigenvalue weighted by molar-refractivity contribution is 5.86. The van der Waals surface area contributed by atoms with Crippen molar-refractivity contribution >= 4 is 12.0 Å². The summed E-state index contributed by atoms with van der Waals surface area (Å²) in [6, 6.07) is -0.330. The van der Waals surface area contributed by atoms with E-state index in [0.717, 1.165) is 32.1 Å². The molecule has 0 aliphatic heterocycles. The van der Waals surface area contributed by atoms with Crippen molar-refractivity contribution in [3.05, 3.63) is 0 Å².